The summed E-state index contributed by atoms with van der Waals surface area (Å²) in [4.78, 5) is 16.9. The standard InChI is InChI=1S/C15H19Cl2N3O2/c16-11-5-10(6-12(17)7-11)14(21)15(22)18-8-13-9-19-1-3-20(13)4-2-19/h5-7,13-14,21H,1-4,8-9H2,(H,18,22). The van der Waals surface area contributed by atoms with E-state index in [9.17, 15) is 9.90 Å². The summed E-state index contributed by atoms with van der Waals surface area (Å²) in [6, 6.07) is 4.99. The Morgan fingerprint density at radius 3 is 2.41 bits per heavy atom. The number of fused-ring (bicyclic) bond motifs is 3. The lowest BCUT2D eigenvalue weighted by Crippen LogP contribution is -2.63. The molecule has 3 aliphatic rings. The minimum absolute atomic E-state index is 0.321. The van der Waals surface area contributed by atoms with Gasteiger partial charge in [-0.05, 0) is 23.8 Å². The summed E-state index contributed by atoms with van der Waals surface area (Å²) in [5.41, 5.74) is 0.407. The van der Waals surface area contributed by atoms with Crippen molar-refractivity contribution in [2.24, 2.45) is 0 Å². The molecule has 2 atom stereocenters. The number of carbonyl (C=O) groups excluding carboxylic acids is 1. The zero-order chi connectivity index (χ0) is 15.7. The fourth-order valence-electron chi connectivity index (χ4n) is 3.12. The highest BCUT2D eigenvalue weighted by molar-refractivity contribution is 6.34. The van der Waals surface area contributed by atoms with Gasteiger partial charge >= 0.3 is 0 Å². The number of nitrogens with zero attached hydrogens (tertiary/aromatic N) is 2. The molecule has 0 aliphatic carbocycles. The minimum Gasteiger partial charge on any atom is -0.378 e. The van der Waals surface area contributed by atoms with Gasteiger partial charge in [0.15, 0.2) is 6.10 Å². The van der Waals surface area contributed by atoms with Gasteiger partial charge in [0.05, 0.1) is 0 Å². The largest absolute Gasteiger partial charge is 0.378 e. The van der Waals surface area contributed by atoms with Crippen molar-refractivity contribution in [3.8, 4) is 0 Å². The number of hydrogen-bond acceptors (Lipinski definition) is 4. The summed E-state index contributed by atoms with van der Waals surface area (Å²) >= 11 is 11.8. The van der Waals surface area contributed by atoms with E-state index in [1.165, 1.54) is 0 Å². The maximum Gasteiger partial charge on any atom is 0.253 e. The molecule has 0 spiro atoms. The molecule has 3 aliphatic heterocycles. The first-order chi connectivity index (χ1) is 10.5. The number of benzene rings is 1. The molecule has 5 nitrogen and oxygen atoms in total. The van der Waals surface area contributed by atoms with Gasteiger partial charge in [0.1, 0.15) is 0 Å². The molecule has 2 N–H and O–H groups in total. The molecule has 3 fully saturated rings. The second-order valence-electron chi connectivity index (χ2n) is 5.84. The zero-order valence-electron chi connectivity index (χ0n) is 12.1. The second kappa shape index (κ2) is 6.72. The fourth-order valence-corrected chi connectivity index (χ4v) is 3.66. The predicted molar refractivity (Wildman–Crippen MR) is 86.2 cm³/mol. The van der Waals surface area contributed by atoms with Gasteiger partial charge in [-0.2, -0.15) is 0 Å². The van der Waals surface area contributed by atoms with E-state index in [-0.39, 0.29) is 0 Å². The van der Waals surface area contributed by atoms with E-state index in [1.807, 2.05) is 0 Å². The normalized spacial score (nSPS) is 28.4. The molecule has 3 heterocycles. The van der Waals surface area contributed by atoms with Gasteiger partial charge in [0, 0.05) is 55.4 Å². The molecular weight excluding hydrogens is 325 g/mol. The Labute approximate surface area is 139 Å². The minimum atomic E-state index is -1.26. The lowest BCUT2D eigenvalue weighted by molar-refractivity contribution is -0.130. The van der Waals surface area contributed by atoms with Gasteiger partial charge in [-0.25, -0.2) is 0 Å². The molecule has 0 radical (unpaired) electrons. The van der Waals surface area contributed by atoms with Gasteiger partial charge in [-0.3, -0.25) is 14.6 Å². The molecule has 1 amide bonds. The number of rotatable bonds is 4. The van der Waals surface area contributed by atoms with Gasteiger partial charge in [-0.1, -0.05) is 23.2 Å². The van der Waals surface area contributed by atoms with Gasteiger partial charge in [0.25, 0.3) is 5.91 Å². The van der Waals surface area contributed by atoms with Crippen molar-refractivity contribution in [3.05, 3.63) is 33.8 Å². The Hall–Kier alpha value is -0.850. The first kappa shape index (κ1) is 16.0. The Kier molecular flexibility index (Phi) is 4.90. The summed E-state index contributed by atoms with van der Waals surface area (Å²) in [6.45, 7) is 5.82. The SMILES string of the molecule is O=C(NCC1CN2CCN1CC2)C(O)c1cc(Cl)cc(Cl)c1. The molecule has 7 heteroatoms. The van der Waals surface area contributed by atoms with E-state index in [0.29, 0.717) is 28.2 Å². The highest BCUT2D eigenvalue weighted by atomic mass is 35.5. The smallest absolute Gasteiger partial charge is 0.253 e. The maximum atomic E-state index is 12.1. The van der Waals surface area contributed by atoms with E-state index in [1.54, 1.807) is 18.2 Å². The summed E-state index contributed by atoms with van der Waals surface area (Å²) in [5.74, 6) is -0.420. The fraction of sp³-hybridized carbons (Fsp3) is 0.533. The summed E-state index contributed by atoms with van der Waals surface area (Å²) in [5, 5.41) is 13.8. The molecule has 1 aromatic rings. The second-order valence-corrected chi connectivity index (χ2v) is 6.71. The van der Waals surface area contributed by atoms with E-state index in [0.717, 1.165) is 32.7 Å². The number of hydrogen-bond donors (Lipinski definition) is 2. The average molecular weight is 344 g/mol. The average Bonchev–Trinajstić information content (AvgIpc) is 2.52. The van der Waals surface area contributed by atoms with Crippen molar-refractivity contribution in [2.45, 2.75) is 12.1 Å². The number of piperazine rings is 3. The van der Waals surface area contributed by atoms with Crippen LogP contribution in [0.5, 0.6) is 0 Å². The van der Waals surface area contributed by atoms with Crippen LogP contribution in [0.15, 0.2) is 18.2 Å². The lowest BCUT2D eigenvalue weighted by atomic mass is 10.1. The number of aliphatic hydroxyl groups excluding tert-OH is 1. The van der Waals surface area contributed by atoms with Crippen molar-refractivity contribution in [1.29, 1.82) is 0 Å². The van der Waals surface area contributed by atoms with Crippen LogP contribution in [0.25, 0.3) is 0 Å². The van der Waals surface area contributed by atoms with E-state index in [4.69, 9.17) is 23.2 Å². The maximum absolute atomic E-state index is 12.1. The lowest BCUT2D eigenvalue weighted by Gasteiger charge is -2.47. The monoisotopic (exact) mass is 343 g/mol. The number of halogens is 2. The highest BCUT2D eigenvalue weighted by Gasteiger charge is 2.32. The Morgan fingerprint density at radius 2 is 1.86 bits per heavy atom. The molecule has 22 heavy (non-hydrogen) atoms. The molecule has 0 aromatic heterocycles. The number of amides is 1. The molecular formula is C15H19Cl2N3O2. The first-order valence-electron chi connectivity index (χ1n) is 7.41. The van der Waals surface area contributed by atoms with Crippen LogP contribution in [0, 0.1) is 0 Å². The van der Waals surface area contributed by atoms with Crippen LogP contribution >= 0.6 is 23.2 Å². The van der Waals surface area contributed by atoms with Gasteiger partial charge < -0.3 is 10.4 Å². The van der Waals surface area contributed by atoms with Gasteiger partial charge in [-0.15, -0.1) is 0 Å². The third-order valence-electron chi connectivity index (χ3n) is 4.35. The Morgan fingerprint density at radius 1 is 1.23 bits per heavy atom. The van der Waals surface area contributed by atoms with Crippen molar-refractivity contribution < 1.29 is 9.90 Å². The number of aliphatic hydroxyl groups is 1. The van der Waals surface area contributed by atoms with E-state index in [2.05, 4.69) is 15.1 Å². The van der Waals surface area contributed by atoms with Crippen LogP contribution in [-0.4, -0.2) is 66.1 Å². The van der Waals surface area contributed by atoms with Crippen molar-refractivity contribution >= 4 is 29.1 Å². The van der Waals surface area contributed by atoms with E-state index >= 15 is 0 Å². The van der Waals surface area contributed by atoms with Crippen molar-refractivity contribution in [2.75, 3.05) is 39.3 Å². The van der Waals surface area contributed by atoms with E-state index < -0.39 is 12.0 Å². The third kappa shape index (κ3) is 3.55. The zero-order valence-corrected chi connectivity index (χ0v) is 13.6. The molecule has 120 valence electrons. The van der Waals surface area contributed by atoms with Gasteiger partial charge in [0.2, 0.25) is 0 Å². The Bertz CT molecular complexity index is 541. The van der Waals surface area contributed by atoms with Crippen LogP contribution in [0.1, 0.15) is 11.7 Å². The van der Waals surface area contributed by atoms with Crippen LogP contribution in [0.4, 0.5) is 0 Å². The third-order valence-corrected chi connectivity index (χ3v) is 4.79. The summed E-state index contributed by atoms with van der Waals surface area (Å²) < 4.78 is 0. The molecule has 4 rings (SSSR count). The molecule has 1 aromatic carbocycles. The topological polar surface area (TPSA) is 55.8 Å². The Balaban J connectivity index is 1.57. The first-order valence-corrected chi connectivity index (χ1v) is 8.17. The molecule has 2 unspecified atom stereocenters. The van der Waals surface area contributed by atoms with Crippen LogP contribution in [-0.2, 0) is 4.79 Å². The summed E-state index contributed by atoms with van der Waals surface area (Å²) in [7, 11) is 0. The molecule has 2 bridgehead atoms. The molecule has 3 saturated heterocycles. The van der Waals surface area contributed by atoms with Crippen molar-refractivity contribution in [3.63, 3.8) is 0 Å². The van der Waals surface area contributed by atoms with Crippen molar-refractivity contribution in [1.82, 2.24) is 15.1 Å². The molecule has 0 saturated carbocycles. The number of nitrogens with one attached hydrogen (secondary N) is 1. The number of carbonyl (C=O) groups is 1. The quantitative estimate of drug-likeness (QED) is 0.860. The van der Waals surface area contributed by atoms with Crippen LogP contribution in [0.3, 0.4) is 0 Å². The predicted octanol–water partition coefficient (Wildman–Crippen LogP) is 1.14. The van der Waals surface area contributed by atoms with Crippen LogP contribution < -0.4 is 5.32 Å². The van der Waals surface area contributed by atoms with Crippen LogP contribution in [0.2, 0.25) is 10.0 Å². The summed E-state index contributed by atoms with van der Waals surface area (Å²) in [6.07, 6.45) is -1.26. The highest BCUT2D eigenvalue weighted by Crippen LogP contribution is 2.24.